The fourth-order valence-electron chi connectivity index (χ4n) is 8.41. The molecule has 1 saturated heterocycles. The van der Waals surface area contributed by atoms with E-state index in [2.05, 4.69) is 10.3 Å². The van der Waals surface area contributed by atoms with Gasteiger partial charge in [-0.15, -0.1) is 0 Å². The van der Waals surface area contributed by atoms with E-state index in [0.717, 1.165) is 41.9 Å². The van der Waals surface area contributed by atoms with Gasteiger partial charge in [0.1, 0.15) is 66.9 Å². The molecule has 50 heavy (non-hydrogen) atoms. The zero-order chi connectivity index (χ0) is 35.4. The van der Waals surface area contributed by atoms with E-state index in [1.807, 2.05) is 19.2 Å². The van der Waals surface area contributed by atoms with Crippen molar-refractivity contribution < 1.29 is 54.2 Å². The van der Waals surface area contributed by atoms with Crippen LogP contribution in [0.25, 0.3) is 11.0 Å². The number of nitrogens with one attached hydrogen (secondary N) is 2. The summed E-state index contributed by atoms with van der Waals surface area (Å²) in [6.45, 7) is 3.45. The quantitative estimate of drug-likeness (QED) is 0.116. The van der Waals surface area contributed by atoms with Crippen molar-refractivity contribution in [2.24, 2.45) is 16.3 Å². The second-order valence-electron chi connectivity index (χ2n) is 14.6. The number of aliphatic hydroxyl groups is 5. The number of carbonyl (C=O) groups is 1. The molecule has 8 atom stereocenters. The Hall–Kier alpha value is -3.47. The number of ether oxygens (including phenoxy) is 1. The number of aliphatic hydroxyl groups excluding tert-OH is 5. The van der Waals surface area contributed by atoms with Crippen molar-refractivity contribution in [2.45, 2.75) is 94.9 Å². The number of aliphatic imine (C=N–C) groups is 1. The molecular weight excluding hydrogens is 650 g/mol. The monoisotopic (exact) mass is 696 g/mol. The summed E-state index contributed by atoms with van der Waals surface area (Å²) >= 11 is 0. The number of fused-ring (bicyclic) bond motifs is 3. The summed E-state index contributed by atoms with van der Waals surface area (Å²) in [5.74, 6) is 1.26. The molecule has 7 N–H and O–H groups in total. The number of allylic oxidation sites excluding steroid dienone is 1. The van der Waals surface area contributed by atoms with Gasteiger partial charge in [-0.2, -0.15) is 0 Å². The number of nitrogens with zero attached hydrogens (tertiary/aromatic N) is 1. The summed E-state index contributed by atoms with van der Waals surface area (Å²) in [5.41, 5.74) is 2.11. The van der Waals surface area contributed by atoms with Crippen LogP contribution < -0.4 is 20.4 Å². The maximum atomic E-state index is 13.3. The number of aryl methyl sites for hydroxylation is 1. The summed E-state index contributed by atoms with van der Waals surface area (Å²) in [5, 5.41) is 53.2. The third-order valence-electron chi connectivity index (χ3n) is 11.4. The number of quaternary nitrogens is 1. The second-order valence-corrected chi connectivity index (χ2v) is 14.6. The van der Waals surface area contributed by atoms with Gasteiger partial charge in [0, 0.05) is 36.4 Å². The molecule has 0 radical (unpaired) electrons. The molecule has 1 unspecified atom stereocenters. The molecule has 7 rings (SSSR count). The number of hydrogen-bond acceptors (Lipinski definition) is 12. The van der Waals surface area contributed by atoms with E-state index in [1.54, 1.807) is 19.2 Å². The molecule has 1 spiro atoms. The highest BCUT2D eigenvalue weighted by Crippen LogP contribution is 2.51. The zero-order valence-electron chi connectivity index (χ0n) is 28.3. The van der Waals surface area contributed by atoms with Crippen LogP contribution in [0.2, 0.25) is 0 Å². The number of benzene rings is 1. The van der Waals surface area contributed by atoms with E-state index >= 15 is 0 Å². The van der Waals surface area contributed by atoms with Crippen LogP contribution in [-0.4, -0.2) is 100 Å². The Morgan fingerprint density at radius 2 is 1.88 bits per heavy atom. The Bertz CT molecular complexity index is 1800. The molecule has 1 aromatic heterocycles. The highest BCUT2D eigenvalue weighted by molar-refractivity contribution is 5.90. The maximum absolute atomic E-state index is 13.3. The molecular formula is C36H46N3O11+. The topological polar surface area (TPSA) is 205 Å². The molecule has 2 fully saturated rings. The van der Waals surface area contributed by atoms with Crippen molar-refractivity contribution in [2.75, 3.05) is 26.3 Å². The van der Waals surface area contributed by atoms with Gasteiger partial charge < -0.3 is 40.0 Å². The fraction of sp³-hybridized carbons (Fsp3) is 0.583. The maximum Gasteiger partial charge on any atom is 0.226 e. The average Bonchev–Trinajstić information content (AvgIpc) is 3.89. The molecule has 5 aliphatic rings. The molecule has 14 nitrogen and oxygen atoms in total. The van der Waals surface area contributed by atoms with E-state index in [1.165, 1.54) is 6.07 Å². The second kappa shape index (κ2) is 13.6. The normalized spacial score (nSPS) is 28.9. The lowest BCUT2D eigenvalue weighted by Crippen LogP contribution is -3.01. The lowest BCUT2D eigenvalue weighted by Gasteiger charge is -2.43. The van der Waals surface area contributed by atoms with Gasteiger partial charge in [-0.1, -0.05) is 12.8 Å². The van der Waals surface area contributed by atoms with Crippen molar-refractivity contribution in [1.82, 2.24) is 5.32 Å². The van der Waals surface area contributed by atoms with Crippen LogP contribution in [0.4, 0.5) is 5.69 Å². The van der Waals surface area contributed by atoms with Crippen molar-refractivity contribution in [3.05, 3.63) is 57.2 Å². The predicted molar refractivity (Wildman–Crippen MR) is 179 cm³/mol. The van der Waals surface area contributed by atoms with E-state index < -0.39 is 54.7 Å². The highest BCUT2D eigenvalue weighted by Gasteiger charge is 2.53. The van der Waals surface area contributed by atoms with Crippen LogP contribution in [0, 0.1) is 18.3 Å². The molecule has 1 aromatic carbocycles. The lowest BCUT2D eigenvalue weighted by molar-refractivity contribution is -0.763. The van der Waals surface area contributed by atoms with Crippen LogP contribution in [-0.2, 0) is 21.0 Å². The van der Waals surface area contributed by atoms with Gasteiger partial charge in [-0.3, -0.25) is 19.5 Å². The van der Waals surface area contributed by atoms with Gasteiger partial charge in [0.15, 0.2) is 11.2 Å². The van der Waals surface area contributed by atoms with Gasteiger partial charge >= 0.3 is 0 Å². The molecule has 14 heteroatoms. The van der Waals surface area contributed by atoms with Crippen LogP contribution in [0.1, 0.15) is 56.8 Å². The molecule has 4 aliphatic heterocycles. The number of amides is 1. The van der Waals surface area contributed by atoms with Crippen molar-refractivity contribution >= 4 is 28.8 Å². The lowest BCUT2D eigenvalue weighted by atomic mass is 9.72. The standard InChI is InChI=1S/C36H45N3O11/c1-19-11-25(41)23-12-21-13-28(50-47-18-27(43)31(45)30(44)26(42)17-40)35(2,9-5-22-14-38-34(46)36(22)7-3-4-8-36)49-32(21)29(33(23)48-19)39-15-20-6-10-37-24(20)16-39/h6,10-12,16,22,26-28,30-31,40,42-45H,3-5,7-9,13-15,17-18H2,1-2H3,(H,38,46)/p+1/t22-,26+,27-,28+,30+,31+,35+/m0/s1. The van der Waals surface area contributed by atoms with Crippen LogP contribution >= 0.6 is 0 Å². The fourth-order valence-corrected chi connectivity index (χ4v) is 8.41. The van der Waals surface area contributed by atoms with Crippen molar-refractivity contribution in [3.63, 3.8) is 0 Å². The number of rotatable bonds is 12. The van der Waals surface area contributed by atoms with E-state index in [0.29, 0.717) is 59.7 Å². The smallest absolute Gasteiger partial charge is 0.226 e. The predicted octanol–water partition coefficient (Wildman–Crippen LogP) is 0.0165. The molecule has 1 saturated carbocycles. The summed E-state index contributed by atoms with van der Waals surface area (Å²) in [6.07, 6.45) is 3.14. The van der Waals surface area contributed by atoms with Crippen LogP contribution in [0.15, 0.2) is 49.9 Å². The summed E-state index contributed by atoms with van der Waals surface area (Å²) in [7, 11) is 0. The van der Waals surface area contributed by atoms with Gasteiger partial charge in [-0.05, 0) is 57.6 Å². The van der Waals surface area contributed by atoms with Crippen molar-refractivity contribution in [1.29, 1.82) is 0 Å². The van der Waals surface area contributed by atoms with E-state index in [9.17, 15) is 30.0 Å². The minimum absolute atomic E-state index is 0.104. The first-order chi connectivity index (χ1) is 23.9. The molecule has 0 bridgehead atoms. The third-order valence-corrected chi connectivity index (χ3v) is 11.4. The number of hydrogen-bond donors (Lipinski definition) is 7. The van der Waals surface area contributed by atoms with E-state index in [4.69, 9.17) is 24.0 Å². The molecule has 270 valence electrons. The Morgan fingerprint density at radius 1 is 1.12 bits per heavy atom. The minimum atomic E-state index is -1.82. The zero-order valence-corrected chi connectivity index (χ0v) is 28.3. The van der Waals surface area contributed by atoms with Crippen LogP contribution in [0.3, 0.4) is 0 Å². The highest BCUT2D eigenvalue weighted by atomic mass is 17.2. The van der Waals surface area contributed by atoms with E-state index in [-0.39, 0.29) is 23.7 Å². The van der Waals surface area contributed by atoms with Gasteiger partial charge in [-0.25, -0.2) is 9.78 Å². The Balaban J connectivity index is 1.22. The largest absolute Gasteiger partial charge is 0.478 e. The minimum Gasteiger partial charge on any atom is -0.478 e. The first-order valence-electron chi connectivity index (χ1n) is 17.4. The molecule has 1 aliphatic carbocycles. The molecule has 5 heterocycles. The number of carbonyl (C=O) groups excluding carboxylic acids is 1. The van der Waals surface area contributed by atoms with Crippen LogP contribution in [0.5, 0.6) is 5.75 Å². The van der Waals surface area contributed by atoms with Crippen molar-refractivity contribution in [3.8, 4) is 5.75 Å². The first-order valence-corrected chi connectivity index (χ1v) is 17.4. The molecule has 1 amide bonds. The van der Waals surface area contributed by atoms with Gasteiger partial charge in [0.25, 0.3) is 0 Å². The first kappa shape index (κ1) is 35.0. The Labute approximate surface area is 288 Å². The third kappa shape index (κ3) is 6.11. The van der Waals surface area contributed by atoms with Gasteiger partial charge in [0.05, 0.1) is 17.4 Å². The van der Waals surface area contributed by atoms with Gasteiger partial charge in [0.2, 0.25) is 17.2 Å². The summed E-state index contributed by atoms with van der Waals surface area (Å²) in [4.78, 5) is 43.2. The molecule has 2 aromatic rings. The summed E-state index contributed by atoms with van der Waals surface area (Å²) in [6, 6.07) is 3.21. The SMILES string of the molecule is Cc1cc(=O)c2cc3c(c([NH+]4C=C5N=CC=C5C4)c2o1)O[C@](C)(CC[C@H]1CNC(=O)C12CCCC2)[C@H](OOC[C@H](O)[C@@H](O)[C@H](O)[C@H](O)CO)C3. The summed E-state index contributed by atoms with van der Waals surface area (Å²) < 4.78 is 13.3. The average molecular weight is 697 g/mol. The Morgan fingerprint density at radius 3 is 2.62 bits per heavy atom. The Kier molecular flexibility index (Phi) is 9.50.